The van der Waals surface area contributed by atoms with E-state index in [1.807, 2.05) is 30.2 Å². The zero-order valence-corrected chi connectivity index (χ0v) is 19.1. The highest BCUT2D eigenvalue weighted by Crippen LogP contribution is 2.40. The molecule has 0 spiro atoms. The number of H-pyrrole nitrogens is 1. The van der Waals surface area contributed by atoms with E-state index in [0.29, 0.717) is 42.2 Å². The first kappa shape index (κ1) is 21.0. The van der Waals surface area contributed by atoms with E-state index in [9.17, 15) is 14.4 Å². The highest BCUT2D eigenvalue weighted by atomic mass is 32.1. The molecule has 3 heterocycles. The molecule has 0 radical (unpaired) electrons. The molecule has 0 bridgehead atoms. The number of pyridine rings is 1. The standard InChI is InChI=1S/C22H25FN4O4S/c1-22(2,3)31-21(30)26-8-6-25(7-9-26)16-11-15-13(10-14(16)23)18(28)17-19(29)24-32-20(17)27(15)12-4-5-12/h10-12H,4-9H2,1-3H3,(H,24,29). The predicted molar refractivity (Wildman–Crippen MR) is 122 cm³/mol. The van der Waals surface area contributed by atoms with Crippen LogP contribution in [0.3, 0.4) is 0 Å². The van der Waals surface area contributed by atoms with Crippen LogP contribution in [-0.4, -0.2) is 51.7 Å². The molecule has 0 atom stereocenters. The summed E-state index contributed by atoms with van der Waals surface area (Å²) < 4.78 is 25.3. The van der Waals surface area contributed by atoms with Crippen LogP contribution < -0.4 is 15.9 Å². The highest BCUT2D eigenvalue weighted by molar-refractivity contribution is 7.12. The third kappa shape index (κ3) is 3.56. The Labute approximate surface area is 187 Å². The quantitative estimate of drug-likeness (QED) is 0.633. The van der Waals surface area contributed by atoms with Crippen molar-refractivity contribution in [2.75, 3.05) is 31.1 Å². The molecule has 1 aliphatic carbocycles. The Morgan fingerprint density at radius 1 is 1.16 bits per heavy atom. The van der Waals surface area contributed by atoms with Crippen LogP contribution in [0.2, 0.25) is 0 Å². The van der Waals surface area contributed by atoms with Crippen LogP contribution in [0.15, 0.2) is 21.7 Å². The second-order valence-electron chi connectivity index (χ2n) is 9.42. The first-order chi connectivity index (χ1) is 15.1. The number of benzene rings is 1. The Morgan fingerprint density at radius 3 is 2.47 bits per heavy atom. The average molecular weight is 461 g/mol. The molecular weight excluding hydrogens is 435 g/mol. The fourth-order valence-electron chi connectivity index (χ4n) is 4.23. The average Bonchev–Trinajstić information content (AvgIpc) is 3.49. The lowest BCUT2D eigenvalue weighted by molar-refractivity contribution is 0.0240. The van der Waals surface area contributed by atoms with Crippen molar-refractivity contribution >= 4 is 44.4 Å². The van der Waals surface area contributed by atoms with Crippen molar-refractivity contribution in [1.82, 2.24) is 13.8 Å². The molecule has 5 rings (SSSR count). The van der Waals surface area contributed by atoms with Crippen molar-refractivity contribution in [1.29, 1.82) is 0 Å². The number of piperazine rings is 1. The maximum Gasteiger partial charge on any atom is 0.410 e. The number of carbonyl (C=O) groups is 1. The number of nitrogens with one attached hydrogen (secondary N) is 1. The molecular formula is C22H25FN4O4S. The summed E-state index contributed by atoms with van der Waals surface area (Å²) in [4.78, 5) is 41.6. The van der Waals surface area contributed by atoms with Gasteiger partial charge in [-0.1, -0.05) is 0 Å². The molecule has 1 aromatic carbocycles. The zero-order chi connectivity index (χ0) is 22.8. The molecule has 1 saturated heterocycles. The van der Waals surface area contributed by atoms with Gasteiger partial charge in [-0.05, 0) is 57.3 Å². The van der Waals surface area contributed by atoms with E-state index in [2.05, 4.69) is 4.37 Å². The second kappa shape index (κ2) is 7.33. The molecule has 1 amide bonds. The number of aromatic nitrogens is 2. The number of hydrogen-bond donors (Lipinski definition) is 1. The van der Waals surface area contributed by atoms with Crippen molar-refractivity contribution in [2.24, 2.45) is 0 Å². The van der Waals surface area contributed by atoms with Gasteiger partial charge in [0.05, 0.1) is 11.2 Å². The van der Waals surface area contributed by atoms with E-state index >= 15 is 4.39 Å². The number of anilines is 1. The van der Waals surface area contributed by atoms with Crippen molar-refractivity contribution in [2.45, 2.75) is 45.3 Å². The summed E-state index contributed by atoms with van der Waals surface area (Å²) in [6, 6.07) is 3.18. The van der Waals surface area contributed by atoms with Crippen LogP contribution in [0.25, 0.3) is 21.1 Å². The molecule has 170 valence electrons. The summed E-state index contributed by atoms with van der Waals surface area (Å²) in [6.45, 7) is 7.21. The van der Waals surface area contributed by atoms with E-state index in [1.54, 1.807) is 11.0 Å². The van der Waals surface area contributed by atoms with Crippen LogP contribution >= 0.6 is 11.5 Å². The molecule has 1 saturated carbocycles. The van der Waals surface area contributed by atoms with Gasteiger partial charge in [0.2, 0.25) is 5.43 Å². The smallest absolute Gasteiger partial charge is 0.410 e. The van der Waals surface area contributed by atoms with Crippen LogP contribution in [0.1, 0.15) is 39.7 Å². The summed E-state index contributed by atoms with van der Waals surface area (Å²) >= 11 is 1.15. The molecule has 32 heavy (non-hydrogen) atoms. The molecule has 1 N–H and O–H groups in total. The number of carbonyl (C=O) groups excluding carboxylic acids is 1. The predicted octanol–water partition coefficient (Wildman–Crippen LogP) is 3.44. The molecule has 3 aromatic rings. The van der Waals surface area contributed by atoms with E-state index in [1.165, 1.54) is 6.07 Å². The molecule has 8 nitrogen and oxygen atoms in total. The SMILES string of the molecule is CC(C)(C)OC(=O)N1CCN(c2cc3c(cc2F)c(=O)c2c(=O)[nH]sc2n3C2CC2)CC1. The third-order valence-corrected chi connectivity index (χ3v) is 6.76. The van der Waals surface area contributed by atoms with Crippen molar-refractivity contribution in [3.05, 3.63) is 38.5 Å². The van der Waals surface area contributed by atoms with Crippen molar-refractivity contribution in [3.8, 4) is 0 Å². The third-order valence-electron chi connectivity index (χ3n) is 5.88. The Bertz CT molecular complexity index is 1340. The topological polar surface area (TPSA) is 87.6 Å². The van der Waals surface area contributed by atoms with Crippen LogP contribution in [0.5, 0.6) is 0 Å². The molecule has 1 aliphatic heterocycles. The summed E-state index contributed by atoms with van der Waals surface area (Å²) in [5.41, 5.74) is -0.383. The lowest BCUT2D eigenvalue weighted by Gasteiger charge is -2.37. The van der Waals surface area contributed by atoms with Gasteiger partial charge in [0.1, 0.15) is 21.6 Å². The van der Waals surface area contributed by atoms with Crippen LogP contribution in [0.4, 0.5) is 14.9 Å². The number of amides is 1. The number of nitrogens with zero attached hydrogens (tertiary/aromatic N) is 3. The van der Waals surface area contributed by atoms with Gasteiger partial charge in [-0.25, -0.2) is 9.18 Å². The fourth-order valence-corrected chi connectivity index (χ4v) is 5.16. The van der Waals surface area contributed by atoms with Gasteiger partial charge in [-0.15, -0.1) is 0 Å². The Kier molecular flexibility index (Phi) is 4.81. The summed E-state index contributed by atoms with van der Waals surface area (Å²) in [7, 11) is 0. The Hall–Kier alpha value is -2.88. The minimum atomic E-state index is -0.570. The summed E-state index contributed by atoms with van der Waals surface area (Å²) in [6.07, 6.45) is 1.55. The van der Waals surface area contributed by atoms with Gasteiger partial charge in [0.15, 0.2) is 0 Å². The van der Waals surface area contributed by atoms with E-state index in [0.717, 1.165) is 24.4 Å². The Morgan fingerprint density at radius 2 is 1.84 bits per heavy atom. The summed E-state index contributed by atoms with van der Waals surface area (Å²) in [5.74, 6) is -0.506. The summed E-state index contributed by atoms with van der Waals surface area (Å²) in [5, 5.41) is 0.328. The lowest BCUT2D eigenvalue weighted by atomic mass is 10.1. The maximum absolute atomic E-state index is 15.2. The number of halogens is 1. The first-order valence-electron chi connectivity index (χ1n) is 10.8. The minimum Gasteiger partial charge on any atom is -0.444 e. The maximum atomic E-state index is 15.2. The van der Waals surface area contributed by atoms with Gasteiger partial charge in [-0.2, -0.15) is 0 Å². The number of ether oxygens (including phenoxy) is 1. The molecule has 2 aromatic heterocycles. The fraction of sp³-hybridized carbons (Fsp3) is 0.500. The monoisotopic (exact) mass is 460 g/mol. The second-order valence-corrected chi connectivity index (χ2v) is 10.2. The number of rotatable bonds is 2. The number of hydrogen-bond acceptors (Lipinski definition) is 6. The lowest BCUT2D eigenvalue weighted by Crippen LogP contribution is -2.50. The molecule has 10 heteroatoms. The van der Waals surface area contributed by atoms with Gasteiger partial charge >= 0.3 is 6.09 Å². The zero-order valence-electron chi connectivity index (χ0n) is 18.2. The van der Waals surface area contributed by atoms with Gasteiger partial charge < -0.3 is 19.1 Å². The number of fused-ring (bicyclic) bond motifs is 2. The van der Waals surface area contributed by atoms with E-state index in [4.69, 9.17) is 4.74 Å². The highest BCUT2D eigenvalue weighted by Gasteiger charge is 2.31. The van der Waals surface area contributed by atoms with E-state index < -0.39 is 22.4 Å². The Balaban J connectivity index is 1.51. The van der Waals surface area contributed by atoms with Gasteiger partial charge in [-0.3, -0.25) is 14.0 Å². The minimum absolute atomic E-state index is 0.104. The van der Waals surface area contributed by atoms with Crippen molar-refractivity contribution < 1.29 is 13.9 Å². The normalized spacial score (nSPS) is 17.4. The van der Waals surface area contributed by atoms with Crippen LogP contribution in [0, 0.1) is 5.82 Å². The first-order valence-corrected chi connectivity index (χ1v) is 11.6. The molecule has 2 aliphatic rings. The van der Waals surface area contributed by atoms with Crippen LogP contribution in [-0.2, 0) is 4.74 Å². The van der Waals surface area contributed by atoms with E-state index in [-0.39, 0.29) is 22.9 Å². The van der Waals surface area contributed by atoms with Gasteiger partial charge in [0.25, 0.3) is 5.56 Å². The molecule has 2 fully saturated rings. The number of aromatic amines is 1. The molecule has 0 unspecified atom stereocenters. The van der Waals surface area contributed by atoms with Crippen molar-refractivity contribution in [3.63, 3.8) is 0 Å². The van der Waals surface area contributed by atoms with Gasteiger partial charge in [0, 0.05) is 37.6 Å². The largest absolute Gasteiger partial charge is 0.444 e.